The normalized spacial score (nSPS) is 22.5. The van der Waals surface area contributed by atoms with Gasteiger partial charge in [-0.05, 0) is 67.0 Å². The fourth-order valence-corrected chi connectivity index (χ4v) is 5.73. The van der Waals surface area contributed by atoms with Crippen LogP contribution in [0.25, 0.3) is 0 Å². The lowest BCUT2D eigenvalue weighted by molar-refractivity contribution is 0.0693. The number of rotatable bonds is 8. The molecule has 0 radical (unpaired) electrons. The number of benzene rings is 1. The average Bonchev–Trinajstić information content (AvgIpc) is 2.89. The first-order chi connectivity index (χ1) is 16.8. The van der Waals surface area contributed by atoms with Gasteiger partial charge in [-0.1, -0.05) is 49.2 Å². The lowest BCUT2D eigenvalue weighted by Crippen LogP contribution is -2.51. The largest absolute Gasteiger partial charge is 0.326 e. The van der Waals surface area contributed by atoms with Crippen molar-refractivity contribution in [2.24, 2.45) is 5.73 Å². The van der Waals surface area contributed by atoms with E-state index in [1.54, 1.807) is 0 Å². The van der Waals surface area contributed by atoms with E-state index in [0.717, 1.165) is 38.2 Å². The van der Waals surface area contributed by atoms with E-state index in [2.05, 4.69) is 57.7 Å². The predicted molar refractivity (Wildman–Crippen MR) is 137 cm³/mol. The fourth-order valence-electron chi connectivity index (χ4n) is 5.73. The van der Waals surface area contributed by atoms with Crippen molar-refractivity contribution < 1.29 is 0 Å². The Morgan fingerprint density at radius 3 is 2.47 bits per heavy atom. The molecule has 3 aromatic rings. The molecule has 3 atom stereocenters. The van der Waals surface area contributed by atoms with Crippen LogP contribution in [0.4, 0.5) is 0 Å². The summed E-state index contributed by atoms with van der Waals surface area (Å²) in [6.45, 7) is 2.55. The summed E-state index contributed by atoms with van der Waals surface area (Å²) in [5, 5.41) is 3.50. The van der Waals surface area contributed by atoms with E-state index < -0.39 is 0 Å². The molecule has 1 fully saturated rings. The lowest BCUT2D eigenvalue weighted by atomic mass is 9.85. The summed E-state index contributed by atoms with van der Waals surface area (Å²) in [5.41, 5.74) is 13.1. The van der Waals surface area contributed by atoms with E-state index in [1.165, 1.54) is 54.5 Å². The first-order valence-corrected chi connectivity index (χ1v) is 12.9. The van der Waals surface area contributed by atoms with Gasteiger partial charge in [-0.15, -0.1) is 0 Å². The number of nitrogens with zero attached hydrogens (tertiary/aromatic N) is 3. The number of nitrogens with two attached hydrogens (primary N) is 1. The van der Waals surface area contributed by atoms with E-state index in [4.69, 9.17) is 10.7 Å². The highest BCUT2D eigenvalue weighted by Crippen LogP contribution is 2.38. The van der Waals surface area contributed by atoms with Crippen LogP contribution in [0.5, 0.6) is 0 Å². The molecular formula is C29H37N5. The van der Waals surface area contributed by atoms with Crippen LogP contribution in [0.1, 0.15) is 72.6 Å². The van der Waals surface area contributed by atoms with Gasteiger partial charge in [0.2, 0.25) is 0 Å². The molecule has 5 heteroatoms. The highest BCUT2D eigenvalue weighted by atomic mass is 15.2. The Labute approximate surface area is 203 Å². The molecule has 0 saturated heterocycles. The van der Waals surface area contributed by atoms with Crippen LogP contribution in [0.3, 0.4) is 0 Å². The second kappa shape index (κ2) is 11.2. The molecule has 2 aliphatic rings. The fraction of sp³-hybridized carbons (Fsp3) is 0.448. The third-order valence-corrected chi connectivity index (χ3v) is 7.52. The number of aromatic nitrogens is 2. The molecule has 0 spiro atoms. The molecule has 1 saturated carbocycles. The van der Waals surface area contributed by atoms with Crippen LogP contribution in [0.2, 0.25) is 0 Å². The zero-order valence-corrected chi connectivity index (χ0v) is 20.1. The third kappa shape index (κ3) is 5.54. The highest BCUT2D eigenvalue weighted by Gasteiger charge is 2.35. The molecule has 0 amide bonds. The second-order valence-corrected chi connectivity index (χ2v) is 9.88. The molecule has 34 heavy (non-hydrogen) atoms. The zero-order valence-electron chi connectivity index (χ0n) is 20.1. The van der Waals surface area contributed by atoms with Crippen molar-refractivity contribution in [3.8, 4) is 0 Å². The summed E-state index contributed by atoms with van der Waals surface area (Å²) in [4.78, 5) is 11.9. The van der Waals surface area contributed by atoms with Crippen molar-refractivity contribution in [2.45, 2.75) is 82.7 Å². The number of aryl methyl sites for hydroxylation is 1. The zero-order chi connectivity index (χ0) is 23.2. The summed E-state index contributed by atoms with van der Waals surface area (Å²) < 4.78 is 0. The van der Waals surface area contributed by atoms with Crippen molar-refractivity contribution in [3.05, 3.63) is 95.1 Å². The molecule has 2 heterocycles. The maximum absolute atomic E-state index is 6.71. The van der Waals surface area contributed by atoms with Crippen molar-refractivity contribution >= 4 is 0 Å². The average molecular weight is 456 g/mol. The van der Waals surface area contributed by atoms with Gasteiger partial charge < -0.3 is 11.1 Å². The molecule has 5 rings (SSSR count). The minimum absolute atomic E-state index is 0.248. The maximum Gasteiger partial charge on any atom is 0.0607 e. The standard InChI is InChI=1S/C29H37N5/c30-26-10-1-2-11-27(26)34(28-12-5-7-24-8-6-18-33-29(24)28)21-23-15-13-22(14-16-23)19-31-20-25-9-3-4-17-32-25/h3-4,6,8-9,13-18,26-28,31H,1-2,5,7,10-12,19-21,30H2/t26-,27-,28?/m0/s1. The van der Waals surface area contributed by atoms with Gasteiger partial charge in [-0.2, -0.15) is 0 Å². The van der Waals surface area contributed by atoms with Crippen LogP contribution >= 0.6 is 0 Å². The minimum atomic E-state index is 0.248. The summed E-state index contributed by atoms with van der Waals surface area (Å²) >= 11 is 0. The minimum Gasteiger partial charge on any atom is -0.326 e. The monoisotopic (exact) mass is 455 g/mol. The van der Waals surface area contributed by atoms with Gasteiger partial charge in [0.05, 0.1) is 17.4 Å². The quantitative estimate of drug-likeness (QED) is 0.505. The van der Waals surface area contributed by atoms with E-state index >= 15 is 0 Å². The Kier molecular flexibility index (Phi) is 7.64. The Bertz CT molecular complexity index is 1040. The highest BCUT2D eigenvalue weighted by molar-refractivity contribution is 5.27. The Morgan fingerprint density at radius 2 is 1.65 bits per heavy atom. The molecule has 0 aliphatic heterocycles. The van der Waals surface area contributed by atoms with Gasteiger partial charge in [-0.25, -0.2) is 0 Å². The SMILES string of the molecule is N[C@H]1CCCC[C@@H]1N(Cc1ccc(CNCc2ccccn2)cc1)C1CCCc2cccnc21. The lowest BCUT2D eigenvalue weighted by Gasteiger charge is -2.44. The Morgan fingerprint density at radius 1 is 0.824 bits per heavy atom. The Balaban J connectivity index is 1.30. The molecule has 0 bridgehead atoms. The molecule has 178 valence electrons. The van der Waals surface area contributed by atoms with Crippen molar-refractivity contribution in [2.75, 3.05) is 0 Å². The van der Waals surface area contributed by atoms with Crippen molar-refractivity contribution in [3.63, 3.8) is 0 Å². The summed E-state index contributed by atoms with van der Waals surface area (Å²) in [6, 6.07) is 20.5. The Hall–Kier alpha value is -2.60. The van der Waals surface area contributed by atoms with E-state index in [1.807, 2.05) is 24.5 Å². The summed E-state index contributed by atoms with van der Waals surface area (Å²) in [5.74, 6) is 0. The smallest absolute Gasteiger partial charge is 0.0607 e. The summed E-state index contributed by atoms with van der Waals surface area (Å²) in [7, 11) is 0. The molecular weight excluding hydrogens is 418 g/mol. The van der Waals surface area contributed by atoms with E-state index in [0.29, 0.717) is 12.1 Å². The first-order valence-electron chi connectivity index (χ1n) is 12.9. The van der Waals surface area contributed by atoms with E-state index in [-0.39, 0.29) is 6.04 Å². The molecule has 1 aromatic carbocycles. The van der Waals surface area contributed by atoms with Crippen LogP contribution < -0.4 is 11.1 Å². The molecule has 1 unspecified atom stereocenters. The maximum atomic E-state index is 6.71. The van der Waals surface area contributed by atoms with Crippen molar-refractivity contribution in [1.82, 2.24) is 20.2 Å². The molecule has 2 aromatic heterocycles. The predicted octanol–water partition coefficient (Wildman–Crippen LogP) is 4.92. The van der Waals surface area contributed by atoms with Gasteiger partial charge in [0, 0.05) is 44.1 Å². The second-order valence-electron chi connectivity index (χ2n) is 9.88. The molecule has 3 N–H and O–H groups in total. The van der Waals surface area contributed by atoms with Gasteiger partial charge in [0.1, 0.15) is 0 Å². The van der Waals surface area contributed by atoms with Crippen LogP contribution in [0.15, 0.2) is 67.0 Å². The number of hydrogen-bond acceptors (Lipinski definition) is 5. The van der Waals surface area contributed by atoms with Crippen molar-refractivity contribution in [1.29, 1.82) is 0 Å². The number of fused-ring (bicyclic) bond motifs is 1. The van der Waals surface area contributed by atoms with Gasteiger partial charge in [0.15, 0.2) is 0 Å². The van der Waals surface area contributed by atoms with Gasteiger partial charge >= 0.3 is 0 Å². The number of pyridine rings is 2. The van der Waals surface area contributed by atoms with Crippen LogP contribution in [0, 0.1) is 0 Å². The van der Waals surface area contributed by atoms with E-state index in [9.17, 15) is 0 Å². The van der Waals surface area contributed by atoms with Crippen LogP contribution in [-0.2, 0) is 26.1 Å². The van der Waals surface area contributed by atoms with Crippen LogP contribution in [-0.4, -0.2) is 27.0 Å². The van der Waals surface area contributed by atoms with Gasteiger partial charge in [-0.3, -0.25) is 14.9 Å². The number of hydrogen-bond donors (Lipinski definition) is 2. The first kappa shape index (κ1) is 23.2. The third-order valence-electron chi connectivity index (χ3n) is 7.52. The molecule has 2 aliphatic carbocycles. The van der Waals surface area contributed by atoms with Gasteiger partial charge in [0.25, 0.3) is 0 Å². The molecule has 5 nitrogen and oxygen atoms in total. The summed E-state index contributed by atoms with van der Waals surface area (Å²) in [6.07, 6.45) is 12.2. The topological polar surface area (TPSA) is 67.1 Å². The number of nitrogens with one attached hydrogen (secondary N) is 1.